The Balaban J connectivity index is 1.66. The van der Waals surface area contributed by atoms with Crippen molar-refractivity contribution in [2.24, 2.45) is 0 Å². The zero-order chi connectivity index (χ0) is 17.6. The monoisotopic (exact) mass is 341 g/mol. The Labute approximate surface area is 145 Å². The van der Waals surface area contributed by atoms with Crippen LogP contribution in [0.15, 0.2) is 28.7 Å². The number of aryl methyl sites for hydroxylation is 1. The first-order valence-corrected chi connectivity index (χ1v) is 8.76. The van der Waals surface area contributed by atoms with Crippen molar-refractivity contribution >= 4 is 11.7 Å². The maximum absolute atomic E-state index is 14.0. The number of amides is 1. The normalized spacial score (nSPS) is 16.6. The van der Waals surface area contributed by atoms with Crippen molar-refractivity contribution in [2.45, 2.75) is 51.6 Å². The standard InChI is InChI=1S/C20H20FNO3/c1-12-18-16(23)7-4-8-17(18)25-19(12)20(24)22(14-9-10-14)11-13-5-2-3-6-15(13)21/h2-3,5-6,14H,4,7-11H2,1H3. The molecule has 1 amide bonds. The lowest BCUT2D eigenvalue weighted by molar-refractivity contribution is 0.0692. The largest absolute Gasteiger partial charge is 0.455 e. The van der Waals surface area contributed by atoms with Gasteiger partial charge in [0.15, 0.2) is 11.5 Å². The number of furan rings is 1. The second-order valence-electron chi connectivity index (χ2n) is 6.89. The van der Waals surface area contributed by atoms with Gasteiger partial charge in [-0.15, -0.1) is 0 Å². The molecule has 2 aromatic rings. The van der Waals surface area contributed by atoms with E-state index in [9.17, 15) is 14.0 Å². The van der Waals surface area contributed by atoms with Crippen LogP contribution in [0.1, 0.15) is 63.5 Å². The molecule has 4 rings (SSSR count). The number of halogens is 1. The van der Waals surface area contributed by atoms with E-state index in [1.165, 1.54) is 6.07 Å². The molecule has 2 aliphatic carbocycles. The molecule has 1 aromatic carbocycles. The van der Waals surface area contributed by atoms with E-state index in [1.807, 2.05) is 0 Å². The summed E-state index contributed by atoms with van der Waals surface area (Å²) in [5.74, 6) is 0.355. The molecule has 0 aliphatic heterocycles. The Morgan fingerprint density at radius 3 is 2.72 bits per heavy atom. The minimum absolute atomic E-state index is 0.0497. The van der Waals surface area contributed by atoms with Crippen molar-refractivity contribution in [1.29, 1.82) is 0 Å². The molecule has 2 aliphatic rings. The molecular weight excluding hydrogens is 321 g/mol. The maximum atomic E-state index is 14.0. The van der Waals surface area contributed by atoms with Crippen LogP contribution >= 0.6 is 0 Å². The third kappa shape index (κ3) is 2.88. The number of hydrogen-bond acceptors (Lipinski definition) is 3. The molecule has 4 nitrogen and oxygen atoms in total. The lowest BCUT2D eigenvalue weighted by Gasteiger charge is -2.22. The number of ketones is 1. The molecule has 0 unspecified atom stereocenters. The summed E-state index contributed by atoms with van der Waals surface area (Å²) >= 11 is 0. The van der Waals surface area contributed by atoms with Gasteiger partial charge in [-0.25, -0.2) is 4.39 Å². The van der Waals surface area contributed by atoms with Crippen LogP contribution in [0.25, 0.3) is 0 Å². The molecule has 130 valence electrons. The first kappa shape index (κ1) is 16.1. The molecule has 0 bridgehead atoms. The number of fused-ring (bicyclic) bond motifs is 1. The number of Topliss-reactive ketones (excluding diaryl/α,β-unsaturated/α-hetero) is 1. The molecule has 1 fully saturated rings. The third-order valence-corrected chi connectivity index (χ3v) is 5.05. The number of carbonyl (C=O) groups is 2. The Bertz CT molecular complexity index is 851. The molecule has 0 saturated heterocycles. The Morgan fingerprint density at radius 1 is 1.28 bits per heavy atom. The van der Waals surface area contributed by atoms with E-state index in [0.29, 0.717) is 35.3 Å². The van der Waals surface area contributed by atoms with Crippen molar-refractivity contribution in [2.75, 3.05) is 0 Å². The van der Waals surface area contributed by atoms with Gasteiger partial charge in [0.1, 0.15) is 11.6 Å². The van der Waals surface area contributed by atoms with Gasteiger partial charge in [0.2, 0.25) is 0 Å². The third-order valence-electron chi connectivity index (χ3n) is 5.05. The fourth-order valence-corrected chi connectivity index (χ4v) is 3.55. The fourth-order valence-electron chi connectivity index (χ4n) is 3.55. The first-order chi connectivity index (χ1) is 12.1. The average molecular weight is 341 g/mol. The van der Waals surface area contributed by atoms with Crippen molar-refractivity contribution in [3.8, 4) is 0 Å². The zero-order valence-electron chi connectivity index (χ0n) is 14.2. The predicted octanol–water partition coefficient (Wildman–Crippen LogP) is 4.05. The summed E-state index contributed by atoms with van der Waals surface area (Å²) in [7, 11) is 0. The zero-order valence-corrected chi connectivity index (χ0v) is 14.2. The Morgan fingerprint density at radius 2 is 2.04 bits per heavy atom. The topological polar surface area (TPSA) is 50.5 Å². The number of rotatable bonds is 4. The van der Waals surface area contributed by atoms with Gasteiger partial charge in [-0.2, -0.15) is 0 Å². The van der Waals surface area contributed by atoms with Crippen molar-refractivity contribution in [1.82, 2.24) is 4.90 Å². The summed E-state index contributed by atoms with van der Waals surface area (Å²) in [6.45, 7) is 1.99. The highest BCUT2D eigenvalue weighted by Crippen LogP contribution is 2.34. The quantitative estimate of drug-likeness (QED) is 0.843. The SMILES string of the molecule is Cc1c(C(=O)N(Cc2ccccc2F)C2CC2)oc2c1C(=O)CCC2. The van der Waals surface area contributed by atoms with Crippen LogP contribution in [-0.2, 0) is 13.0 Å². The van der Waals surface area contributed by atoms with Crippen molar-refractivity contribution in [3.05, 3.63) is 58.3 Å². The minimum Gasteiger partial charge on any atom is -0.455 e. The van der Waals surface area contributed by atoms with E-state index in [-0.39, 0.29) is 35.9 Å². The molecule has 1 aromatic heterocycles. The second kappa shape index (κ2) is 6.14. The van der Waals surface area contributed by atoms with Crippen LogP contribution in [0.2, 0.25) is 0 Å². The Hall–Kier alpha value is -2.43. The average Bonchev–Trinajstić information content (AvgIpc) is 3.37. The van der Waals surface area contributed by atoms with E-state index in [4.69, 9.17) is 4.42 Å². The second-order valence-corrected chi connectivity index (χ2v) is 6.89. The van der Waals surface area contributed by atoms with E-state index in [0.717, 1.165) is 19.3 Å². The highest BCUT2D eigenvalue weighted by Gasteiger charge is 2.37. The highest BCUT2D eigenvalue weighted by molar-refractivity contribution is 6.03. The van der Waals surface area contributed by atoms with Gasteiger partial charge in [0.25, 0.3) is 5.91 Å². The van der Waals surface area contributed by atoms with Crippen molar-refractivity contribution < 1.29 is 18.4 Å². The van der Waals surface area contributed by atoms with Crippen LogP contribution in [-0.4, -0.2) is 22.6 Å². The molecule has 5 heteroatoms. The van der Waals surface area contributed by atoms with Gasteiger partial charge in [-0.1, -0.05) is 18.2 Å². The van der Waals surface area contributed by atoms with Gasteiger partial charge in [0, 0.05) is 36.6 Å². The van der Waals surface area contributed by atoms with Crippen LogP contribution in [0.5, 0.6) is 0 Å². The van der Waals surface area contributed by atoms with Crippen LogP contribution < -0.4 is 0 Å². The van der Waals surface area contributed by atoms with E-state index in [2.05, 4.69) is 0 Å². The van der Waals surface area contributed by atoms with Crippen molar-refractivity contribution in [3.63, 3.8) is 0 Å². The molecule has 1 heterocycles. The number of carbonyl (C=O) groups excluding carboxylic acids is 2. The van der Waals surface area contributed by atoms with Gasteiger partial charge in [0.05, 0.1) is 5.56 Å². The van der Waals surface area contributed by atoms with Crippen LogP contribution in [0, 0.1) is 12.7 Å². The molecule has 0 N–H and O–H groups in total. The number of benzene rings is 1. The molecule has 1 saturated carbocycles. The van der Waals surface area contributed by atoms with Gasteiger partial charge < -0.3 is 9.32 Å². The highest BCUT2D eigenvalue weighted by atomic mass is 19.1. The summed E-state index contributed by atoms with van der Waals surface area (Å²) in [5.41, 5.74) is 1.70. The minimum atomic E-state index is -0.313. The van der Waals surface area contributed by atoms with E-state index >= 15 is 0 Å². The van der Waals surface area contributed by atoms with Crippen LogP contribution in [0.4, 0.5) is 4.39 Å². The summed E-state index contributed by atoms with van der Waals surface area (Å²) in [6, 6.07) is 6.62. The van der Waals surface area contributed by atoms with Gasteiger partial charge >= 0.3 is 0 Å². The summed E-state index contributed by atoms with van der Waals surface area (Å²) in [6.07, 6.45) is 3.78. The van der Waals surface area contributed by atoms with Gasteiger partial charge in [-0.3, -0.25) is 9.59 Å². The smallest absolute Gasteiger partial charge is 0.290 e. The lowest BCUT2D eigenvalue weighted by atomic mass is 9.94. The molecular formula is C20H20FNO3. The van der Waals surface area contributed by atoms with E-state index < -0.39 is 0 Å². The molecule has 0 spiro atoms. The molecule has 25 heavy (non-hydrogen) atoms. The summed E-state index contributed by atoms with van der Waals surface area (Å²) in [4.78, 5) is 26.9. The predicted molar refractivity (Wildman–Crippen MR) is 90.0 cm³/mol. The lowest BCUT2D eigenvalue weighted by Crippen LogP contribution is -2.33. The van der Waals surface area contributed by atoms with Crippen LogP contribution in [0.3, 0.4) is 0 Å². The number of hydrogen-bond donors (Lipinski definition) is 0. The van der Waals surface area contributed by atoms with E-state index in [1.54, 1.807) is 30.0 Å². The van der Waals surface area contributed by atoms with Gasteiger partial charge in [-0.05, 0) is 32.3 Å². The first-order valence-electron chi connectivity index (χ1n) is 8.76. The summed E-state index contributed by atoms with van der Waals surface area (Å²) in [5, 5.41) is 0. The summed E-state index contributed by atoms with van der Waals surface area (Å²) < 4.78 is 19.8. The molecule has 0 atom stereocenters. The fraction of sp³-hybridized carbons (Fsp3) is 0.400. The Kier molecular flexibility index (Phi) is 3.94. The maximum Gasteiger partial charge on any atom is 0.290 e. The molecule has 0 radical (unpaired) electrons. The number of nitrogens with zero attached hydrogens (tertiary/aromatic N) is 1.